The molecular weight excluding hydrogens is 176 g/mol. The molecule has 1 aromatic carbocycles. The van der Waals surface area contributed by atoms with E-state index >= 15 is 0 Å². The van der Waals surface area contributed by atoms with Crippen LogP contribution >= 0.6 is 0 Å². The third-order valence-corrected chi connectivity index (χ3v) is 1.93. The van der Waals surface area contributed by atoms with E-state index in [1.807, 2.05) is 30.3 Å². The van der Waals surface area contributed by atoms with Crippen LogP contribution in [0.5, 0.6) is 0 Å². The van der Waals surface area contributed by atoms with Crippen molar-refractivity contribution in [3.05, 3.63) is 30.1 Å². The van der Waals surface area contributed by atoms with Crippen molar-refractivity contribution in [1.29, 1.82) is 5.26 Å². The van der Waals surface area contributed by atoms with Crippen LogP contribution < -0.4 is 5.32 Å². The molecule has 2 rings (SSSR count). The van der Waals surface area contributed by atoms with Gasteiger partial charge in [-0.05, 0) is 12.1 Å². The van der Waals surface area contributed by atoms with Gasteiger partial charge in [-0.3, -0.25) is 5.32 Å². The highest BCUT2D eigenvalue weighted by atomic mass is 15.0. The fourth-order valence-corrected chi connectivity index (χ4v) is 1.33. The van der Waals surface area contributed by atoms with Crippen molar-refractivity contribution in [3.8, 4) is 6.07 Å². The SMILES string of the molecule is N#CCNCc1nc2ccccc2[nH]1. The molecule has 0 fully saturated rings. The molecule has 70 valence electrons. The van der Waals surface area contributed by atoms with Crippen LogP contribution in [0.4, 0.5) is 0 Å². The number of rotatable bonds is 3. The zero-order valence-electron chi connectivity index (χ0n) is 7.62. The quantitative estimate of drug-likeness (QED) is 0.558. The Hall–Kier alpha value is -1.86. The number of benzene rings is 1. The van der Waals surface area contributed by atoms with Gasteiger partial charge in [-0.2, -0.15) is 5.26 Å². The van der Waals surface area contributed by atoms with Crippen LogP contribution in [0.1, 0.15) is 5.82 Å². The lowest BCUT2D eigenvalue weighted by molar-refractivity contribution is 0.732. The zero-order valence-corrected chi connectivity index (χ0v) is 7.62. The van der Waals surface area contributed by atoms with Gasteiger partial charge in [0.15, 0.2) is 0 Å². The average Bonchev–Trinajstić information content (AvgIpc) is 2.60. The number of imidazole rings is 1. The standard InChI is InChI=1S/C10H10N4/c11-5-6-12-7-10-13-8-3-1-2-4-9(8)14-10/h1-4,12H,6-7H2,(H,13,14). The maximum absolute atomic E-state index is 8.34. The second kappa shape index (κ2) is 3.90. The topological polar surface area (TPSA) is 64.5 Å². The Morgan fingerprint density at radius 3 is 3.07 bits per heavy atom. The van der Waals surface area contributed by atoms with Crippen LogP contribution in [-0.2, 0) is 6.54 Å². The molecule has 2 aromatic rings. The van der Waals surface area contributed by atoms with E-state index in [-0.39, 0.29) is 0 Å². The monoisotopic (exact) mass is 186 g/mol. The second-order valence-corrected chi connectivity index (χ2v) is 2.96. The largest absolute Gasteiger partial charge is 0.341 e. The van der Waals surface area contributed by atoms with Crippen LogP contribution in [0, 0.1) is 11.3 Å². The van der Waals surface area contributed by atoms with Crippen LogP contribution in [0.25, 0.3) is 11.0 Å². The highest BCUT2D eigenvalue weighted by molar-refractivity contribution is 5.74. The smallest absolute Gasteiger partial charge is 0.121 e. The fraction of sp³-hybridized carbons (Fsp3) is 0.200. The van der Waals surface area contributed by atoms with Crippen LogP contribution in [0.2, 0.25) is 0 Å². The molecule has 4 heteroatoms. The van der Waals surface area contributed by atoms with Crippen LogP contribution in [0.15, 0.2) is 24.3 Å². The summed E-state index contributed by atoms with van der Waals surface area (Å²) in [5.74, 6) is 0.862. The van der Waals surface area contributed by atoms with Gasteiger partial charge in [-0.1, -0.05) is 12.1 Å². The van der Waals surface area contributed by atoms with Gasteiger partial charge in [-0.15, -0.1) is 0 Å². The van der Waals surface area contributed by atoms with Crippen molar-refractivity contribution in [1.82, 2.24) is 15.3 Å². The van der Waals surface area contributed by atoms with E-state index in [0.717, 1.165) is 16.9 Å². The van der Waals surface area contributed by atoms with E-state index in [1.165, 1.54) is 0 Å². The summed E-state index contributed by atoms with van der Waals surface area (Å²) in [4.78, 5) is 7.53. The zero-order chi connectivity index (χ0) is 9.80. The third kappa shape index (κ3) is 1.73. The van der Waals surface area contributed by atoms with Crippen molar-refractivity contribution in [2.75, 3.05) is 6.54 Å². The first-order valence-corrected chi connectivity index (χ1v) is 4.41. The minimum Gasteiger partial charge on any atom is -0.341 e. The molecule has 0 unspecified atom stereocenters. The minimum absolute atomic E-state index is 0.344. The van der Waals surface area contributed by atoms with Crippen molar-refractivity contribution < 1.29 is 0 Å². The number of nitriles is 1. The van der Waals surface area contributed by atoms with Crippen molar-refractivity contribution >= 4 is 11.0 Å². The Labute approximate surface area is 81.6 Å². The van der Waals surface area contributed by atoms with E-state index in [4.69, 9.17) is 5.26 Å². The molecule has 1 heterocycles. The molecular formula is C10H10N4. The summed E-state index contributed by atoms with van der Waals surface area (Å²) in [6, 6.07) is 9.88. The summed E-state index contributed by atoms with van der Waals surface area (Å²) in [5, 5.41) is 11.3. The Balaban J connectivity index is 2.15. The number of nitrogens with one attached hydrogen (secondary N) is 2. The number of fused-ring (bicyclic) bond motifs is 1. The number of H-pyrrole nitrogens is 1. The van der Waals surface area contributed by atoms with Gasteiger partial charge in [0, 0.05) is 0 Å². The summed E-state index contributed by atoms with van der Waals surface area (Å²) < 4.78 is 0. The minimum atomic E-state index is 0.344. The van der Waals surface area contributed by atoms with E-state index in [0.29, 0.717) is 13.1 Å². The van der Waals surface area contributed by atoms with Crippen molar-refractivity contribution in [3.63, 3.8) is 0 Å². The maximum Gasteiger partial charge on any atom is 0.121 e. The first kappa shape index (κ1) is 8.73. The van der Waals surface area contributed by atoms with Crippen molar-refractivity contribution in [2.24, 2.45) is 0 Å². The summed E-state index contributed by atoms with van der Waals surface area (Å²) in [6.45, 7) is 0.944. The number of nitrogens with zero attached hydrogens (tertiary/aromatic N) is 2. The molecule has 0 amide bonds. The normalized spacial score (nSPS) is 10.2. The average molecular weight is 186 g/mol. The predicted molar refractivity (Wildman–Crippen MR) is 53.4 cm³/mol. The summed E-state index contributed by atoms with van der Waals surface area (Å²) in [5.41, 5.74) is 1.99. The Morgan fingerprint density at radius 2 is 2.29 bits per heavy atom. The molecule has 0 radical (unpaired) electrons. The van der Waals surface area contributed by atoms with Crippen LogP contribution in [-0.4, -0.2) is 16.5 Å². The Bertz CT molecular complexity index is 433. The number of aromatic nitrogens is 2. The lowest BCUT2D eigenvalue weighted by Gasteiger charge is -1.93. The molecule has 4 nitrogen and oxygen atoms in total. The highest BCUT2D eigenvalue weighted by Crippen LogP contribution is 2.09. The first-order valence-electron chi connectivity index (χ1n) is 4.41. The highest BCUT2D eigenvalue weighted by Gasteiger charge is 1.99. The van der Waals surface area contributed by atoms with E-state index in [1.54, 1.807) is 0 Å². The number of para-hydroxylation sites is 2. The second-order valence-electron chi connectivity index (χ2n) is 2.96. The molecule has 1 aromatic heterocycles. The molecule has 14 heavy (non-hydrogen) atoms. The lowest BCUT2D eigenvalue weighted by Crippen LogP contribution is -2.13. The van der Waals surface area contributed by atoms with Crippen LogP contribution in [0.3, 0.4) is 0 Å². The molecule has 0 saturated heterocycles. The summed E-state index contributed by atoms with van der Waals surface area (Å²) in [7, 11) is 0. The van der Waals surface area contributed by atoms with Gasteiger partial charge >= 0.3 is 0 Å². The van der Waals surface area contributed by atoms with E-state index in [9.17, 15) is 0 Å². The van der Waals surface area contributed by atoms with Crippen molar-refractivity contribution in [2.45, 2.75) is 6.54 Å². The van der Waals surface area contributed by atoms with Gasteiger partial charge < -0.3 is 4.98 Å². The summed E-state index contributed by atoms with van der Waals surface area (Å²) in [6.07, 6.45) is 0. The van der Waals surface area contributed by atoms with Gasteiger partial charge in [0.2, 0.25) is 0 Å². The number of hydrogen-bond donors (Lipinski definition) is 2. The van der Waals surface area contributed by atoms with E-state index in [2.05, 4.69) is 15.3 Å². The van der Waals surface area contributed by atoms with Gasteiger partial charge in [0.25, 0.3) is 0 Å². The van der Waals surface area contributed by atoms with Gasteiger partial charge in [-0.25, -0.2) is 4.98 Å². The predicted octanol–water partition coefficient (Wildman–Crippen LogP) is 1.18. The molecule has 0 saturated carbocycles. The number of hydrogen-bond acceptors (Lipinski definition) is 3. The molecule has 0 aliphatic heterocycles. The van der Waals surface area contributed by atoms with Gasteiger partial charge in [0.05, 0.1) is 30.2 Å². The maximum atomic E-state index is 8.34. The third-order valence-electron chi connectivity index (χ3n) is 1.93. The molecule has 0 aliphatic carbocycles. The fourth-order valence-electron chi connectivity index (χ4n) is 1.33. The molecule has 0 spiro atoms. The van der Waals surface area contributed by atoms with Gasteiger partial charge in [0.1, 0.15) is 5.82 Å². The Kier molecular flexibility index (Phi) is 2.43. The lowest BCUT2D eigenvalue weighted by atomic mass is 10.3. The molecule has 2 N–H and O–H groups in total. The number of aromatic amines is 1. The van der Waals surface area contributed by atoms with E-state index < -0.39 is 0 Å². The molecule has 0 atom stereocenters. The first-order chi connectivity index (χ1) is 6.90. The molecule has 0 bridgehead atoms. The summed E-state index contributed by atoms with van der Waals surface area (Å²) >= 11 is 0. The Morgan fingerprint density at radius 1 is 1.43 bits per heavy atom. The molecule has 0 aliphatic rings.